The minimum atomic E-state index is -1.42. The first-order chi connectivity index (χ1) is 28.6. The number of anilines is 4. The second-order valence-corrected chi connectivity index (χ2v) is 12.4. The number of nitriles is 1. The highest BCUT2D eigenvalue weighted by atomic mass is 16.4. The zero-order chi connectivity index (χ0) is 43.7. The van der Waals surface area contributed by atoms with Gasteiger partial charge in [-0.2, -0.15) is 35.6 Å². The summed E-state index contributed by atoms with van der Waals surface area (Å²) in [5.41, 5.74) is -1.64. The zero-order valence-corrected chi connectivity index (χ0v) is 31.3. The summed E-state index contributed by atoms with van der Waals surface area (Å²) >= 11 is 0. The van der Waals surface area contributed by atoms with Gasteiger partial charge in [0.05, 0.1) is 45.9 Å². The number of aliphatic hydroxyl groups excluding tert-OH is 1. The van der Waals surface area contributed by atoms with E-state index in [0.29, 0.717) is 16.9 Å². The normalized spacial score (nSPS) is 11.0. The number of aromatic carboxylic acids is 4. The lowest BCUT2D eigenvalue weighted by Crippen LogP contribution is -2.27. The highest BCUT2D eigenvalue weighted by molar-refractivity contribution is 5.96. The van der Waals surface area contributed by atoms with E-state index in [4.69, 9.17) is 0 Å². The van der Waals surface area contributed by atoms with Crippen LogP contribution in [-0.4, -0.2) is 93.7 Å². The van der Waals surface area contributed by atoms with Gasteiger partial charge in [-0.25, -0.2) is 19.2 Å². The van der Waals surface area contributed by atoms with Crippen LogP contribution in [-0.2, 0) is 6.54 Å². The summed E-state index contributed by atoms with van der Waals surface area (Å²) < 4.78 is 0.837. The van der Waals surface area contributed by atoms with Crippen LogP contribution in [0.25, 0.3) is 0 Å². The fraction of sp³-hybridized carbons (Fsp3) is 0.162. The number of rotatable bonds is 17. The number of aryl methyl sites for hydroxylation is 1. The highest BCUT2D eigenvalue weighted by Gasteiger charge is 2.20. The van der Waals surface area contributed by atoms with Gasteiger partial charge in [-0.15, -0.1) is 5.11 Å². The van der Waals surface area contributed by atoms with Crippen LogP contribution in [0.1, 0.15) is 58.1 Å². The molecule has 0 unspecified atom stereocenters. The lowest BCUT2D eigenvalue weighted by atomic mass is 10.1. The van der Waals surface area contributed by atoms with Gasteiger partial charge in [-0.05, 0) is 74.0 Å². The third kappa shape index (κ3) is 10.2. The molecule has 2 heterocycles. The number of hydrogen-bond donors (Lipinski definition) is 9. The Morgan fingerprint density at radius 2 is 1.22 bits per heavy atom. The van der Waals surface area contributed by atoms with Crippen molar-refractivity contribution in [3.8, 4) is 11.9 Å². The van der Waals surface area contributed by atoms with Crippen LogP contribution in [0.3, 0.4) is 0 Å². The maximum absolute atomic E-state index is 13.2. The molecule has 0 aliphatic carbocycles. The topological polar surface area (TPSA) is 360 Å². The van der Waals surface area contributed by atoms with Crippen molar-refractivity contribution < 1.29 is 49.8 Å². The van der Waals surface area contributed by atoms with E-state index in [1.807, 2.05) is 0 Å². The molecule has 9 N–H and O–H groups in total. The summed E-state index contributed by atoms with van der Waals surface area (Å²) in [6.45, 7) is 2.47. The van der Waals surface area contributed by atoms with Gasteiger partial charge in [-0.1, -0.05) is 0 Å². The maximum atomic E-state index is 13.2. The standard InChI is InChI=1S/C37H32N12O11/c1-17-9-23(3-4-27(17)47-45-24-12-19(31(53)54)10-20(13-24)32(55)56)41-37-43-35(42-36(44-37)40-6-8-50)39-5-7-49-29(51)26(16-38)18(2)28(30(49)52)48-46-25-14-21(33(57)58)11-22(15-25)34(59)60/h3-4,9-15,50,52H,5-8H2,1-2H3,(H,53,54)(H,55,56)(H,57,58)(H,59,60)(H3,39,40,41,42,43,44). The first-order valence-corrected chi connectivity index (χ1v) is 17.2. The number of carboxylic acids is 4. The van der Waals surface area contributed by atoms with E-state index in [-0.39, 0.29) is 94.5 Å². The van der Waals surface area contributed by atoms with E-state index in [9.17, 15) is 59.9 Å². The predicted octanol–water partition coefficient (Wildman–Crippen LogP) is 5.11. The van der Waals surface area contributed by atoms with Gasteiger partial charge in [0.1, 0.15) is 11.6 Å². The number of aromatic hydroxyl groups is 1. The molecule has 5 rings (SSSR count). The largest absolute Gasteiger partial charge is 0.493 e. The Balaban J connectivity index is 1.37. The minimum Gasteiger partial charge on any atom is -0.493 e. The van der Waals surface area contributed by atoms with Gasteiger partial charge < -0.3 is 46.6 Å². The molecule has 23 heteroatoms. The molecular formula is C37H32N12O11. The van der Waals surface area contributed by atoms with Crippen LogP contribution in [0.2, 0.25) is 0 Å². The number of nitrogens with zero attached hydrogens (tertiary/aromatic N) is 9. The van der Waals surface area contributed by atoms with E-state index in [1.54, 1.807) is 31.2 Å². The summed E-state index contributed by atoms with van der Waals surface area (Å²) in [4.78, 5) is 72.1. The second-order valence-electron chi connectivity index (χ2n) is 12.4. The third-order valence-corrected chi connectivity index (χ3v) is 8.23. The van der Waals surface area contributed by atoms with E-state index in [1.165, 1.54) is 19.1 Å². The van der Waals surface area contributed by atoms with E-state index >= 15 is 0 Å². The summed E-state index contributed by atoms with van der Waals surface area (Å²) in [6, 6.07) is 13.0. The summed E-state index contributed by atoms with van der Waals surface area (Å²) in [6.07, 6.45) is 0. The average Bonchev–Trinajstić information content (AvgIpc) is 3.20. The Bertz CT molecular complexity index is 2640. The smallest absolute Gasteiger partial charge is 0.335 e. The number of carbonyl (C=O) groups is 4. The van der Waals surface area contributed by atoms with Crippen molar-refractivity contribution in [2.75, 3.05) is 35.6 Å². The molecule has 0 saturated heterocycles. The van der Waals surface area contributed by atoms with Gasteiger partial charge >= 0.3 is 23.9 Å². The lowest BCUT2D eigenvalue weighted by molar-refractivity contribution is 0.0676. The highest BCUT2D eigenvalue weighted by Crippen LogP contribution is 2.33. The number of nitrogens with one attached hydrogen (secondary N) is 3. The minimum absolute atomic E-state index is 0.0132. The predicted molar refractivity (Wildman–Crippen MR) is 209 cm³/mol. The Kier molecular flexibility index (Phi) is 13.1. The van der Waals surface area contributed by atoms with Gasteiger partial charge in [0.25, 0.3) is 5.56 Å². The molecule has 23 nitrogen and oxygen atoms in total. The van der Waals surface area contributed by atoms with Crippen molar-refractivity contribution in [2.24, 2.45) is 20.5 Å². The number of pyridine rings is 1. The van der Waals surface area contributed by atoms with Crippen molar-refractivity contribution >= 4 is 70.2 Å². The number of benzene rings is 3. The van der Waals surface area contributed by atoms with Crippen LogP contribution in [0.5, 0.6) is 5.88 Å². The molecule has 0 radical (unpaired) electrons. The molecule has 306 valence electrons. The molecule has 5 aromatic rings. The van der Waals surface area contributed by atoms with E-state index < -0.39 is 35.3 Å². The molecule has 60 heavy (non-hydrogen) atoms. The molecule has 0 bridgehead atoms. The molecule has 0 spiro atoms. The van der Waals surface area contributed by atoms with Crippen LogP contribution in [0, 0.1) is 25.2 Å². The van der Waals surface area contributed by atoms with Crippen LogP contribution in [0.15, 0.2) is 79.8 Å². The number of hydrogen-bond acceptors (Lipinski definition) is 18. The second kappa shape index (κ2) is 18.5. The van der Waals surface area contributed by atoms with Gasteiger partial charge in [0, 0.05) is 30.9 Å². The molecule has 0 aliphatic heterocycles. The molecule has 2 aromatic heterocycles. The molecule has 0 amide bonds. The molecule has 0 aliphatic rings. The van der Waals surface area contributed by atoms with Crippen molar-refractivity contribution in [3.63, 3.8) is 0 Å². The quantitative estimate of drug-likeness (QED) is 0.0550. The van der Waals surface area contributed by atoms with E-state index in [0.717, 1.165) is 28.8 Å². The number of aliphatic hydroxyl groups is 1. The summed E-state index contributed by atoms with van der Waals surface area (Å²) in [5, 5.41) is 92.4. The van der Waals surface area contributed by atoms with Crippen molar-refractivity contribution in [1.82, 2.24) is 19.5 Å². The fourth-order valence-electron chi connectivity index (χ4n) is 5.33. The number of azo groups is 2. The number of aromatic nitrogens is 4. The zero-order valence-electron chi connectivity index (χ0n) is 31.3. The molecule has 0 fully saturated rings. The Hall–Kier alpha value is -8.65. The first kappa shape index (κ1) is 42.5. The van der Waals surface area contributed by atoms with Gasteiger partial charge in [0.2, 0.25) is 23.7 Å². The monoisotopic (exact) mass is 820 g/mol. The van der Waals surface area contributed by atoms with Crippen LogP contribution in [0.4, 0.5) is 46.3 Å². The van der Waals surface area contributed by atoms with Gasteiger partial charge in [0.15, 0.2) is 5.69 Å². The molecular weight excluding hydrogens is 788 g/mol. The molecule has 3 aromatic carbocycles. The Labute approximate surface area is 336 Å². The Morgan fingerprint density at radius 1 is 0.717 bits per heavy atom. The van der Waals surface area contributed by atoms with Crippen LogP contribution >= 0.6 is 0 Å². The van der Waals surface area contributed by atoms with E-state index in [2.05, 4.69) is 51.4 Å². The fourth-order valence-corrected chi connectivity index (χ4v) is 5.33. The van der Waals surface area contributed by atoms with Crippen molar-refractivity contribution in [1.29, 1.82) is 5.26 Å². The summed E-state index contributed by atoms with van der Waals surface area (Å²) in [5.74, 6) is -6.16. The maximum Gasteiger partial charge on any atom is 0.335 e. The Morgan fingerprint density at radius 3 is 1.70 bits per heavy atom. The average molecular weight is 821 g/mol. The van der Waals surface area contributed by atoms with Crippen molar-refractivity contribution in [2.45, 2.75) is 20.4 Å². The van der Waals surface area contributed by atoms with Crippen LogP contribution < -0.4 is 21.5 Å². The summed E-state index contributed by atoms with van der Waals surface area (Å²) in [7, 11) is 0. The third-order valence-electron chi connectivity index (χ3n) is 8.23. The molecule has 0 saturated carbocycles. The SMILES string of the molecule is Cc1cc(Nc2nc(NCCO)nc(NCCn3c(O)c(N=Nc4cc(C(=O)O)cc(C(=O)O)c4)c(C)c(C#N)c3=O)n2)ccc1N=Nc1cc(C(=O)O)cc(C(=O)O)c1. The first-order valence-electron chi connectivity index (χ1n) is 17.2. The van der Waals surface area contributed by atoms with Crippen molar-refractivity contribution in [3.05, 3.63) is 104 Å². The molecule has 0 atom stereocenters. The van der Waals surface area contributed by atoms with Gasteiger partial charge in [-0.3, -0.25) is 9.36 Å². The number of carboxylic acid groups (broad SMARTS) is 4. The lowest BCUT2D eigenvalue weighted by Gasteiger charge is -2.14.